The van der Waals surface area contributed by atoms with Gasteiger partial charge in [0.1, 0.15) is 0 Å². The van der Waals surface area contributed by atoms with Gasteiger partial charge in [-0.25, -0.2) is 0 Å². The van der Waals surface area contributed by atoms with E-state index in [0.29, 0.717) is 6.04 Å². The number of piperidine rings is 1. The van der Waals surface area contributed by atoms with Gasteiger partial charge in [-0.3, -0.25) is 9.89 Å². The zero-order valence-corrected chi connectivity index (χ0v) is 18.1. The first kappa shape index (κ1) is 20.5. The van der Waals surface area contributed by atoms with Crippen molar-refractivity contribution < 1.29 is 0 Å². The van der Waals surface area contributed by atoms with Gasteiger partial charge in [-0.05, 0) is 48.9 Å². The summed E-state index contributed by atoms with van der Waals surface area (Å²) in [5, 5.41) is 8.48. The summed E-state index contributed by atoms with van der Waals surface area (Å²) in [6.45, 7) is 6.34. The minimum absolute atomic E-state index is 0.485. The maximum Gasteiger partial charge on any atom is 0.191 e. The summed E-state index contributed by atoms with van der Waals surface area (Å²) in [6, 6.07) is 17.7. The minimum Gasteiger partial charge on any atom is -0.361 e. The molecule has 2 aromatic carbocycles. The monoisotopic (exact) mass is 403 g/mol. The fraction of sp³-hybridized carbons (Fsp3) is 0.400. The number of aliphatic imine (C=N–C) groups is 1. The molecule has 1 aromatic heterocycles. The van der Waals surface area contributed by atoms with Crippen LogP contribution in [0.2, 0.25) is 0 Å². The van der Waals surface area contributed by atoms with Crippen molar-refractivity contribution >= 4 is 16.9 Å². The van der Waals surface area contributed by atoms with E-state index in [1.807, 2.05) is 7.05 Å². The Morgan fingerprint density at radius 3 is 2.67 bits per heavy atom. The molecule has 30 heavy (non-hydrogen) atoms. The van der Waals surface area contributed by atoms with Crippen LogP contribution in [-0.2, 0) is 13.0 Å². The number of aryl methyl sites for hydroxylation is 1. The van der Waals surface area contributed by atoms with Crippen molar-refractivity contribution in [3.05, 3.63) is 71.4 Å². The maximum absolute atomic E-state index is 4.44. The first-order chi connectivity index (χ1) is 14.7. The van der Waals surface area contributed by atoms with Gasteiger partial charge in [-0.2, -0.15) is 0 Å². The molecule has 2 heterocycles. The Kier molecular flexibility index (Phi) is 6.70. The van der Waals surface area contributed by atoms with E-state index < -0.39 is 0 Å². The highest BCUT2D eigenvalue weighted by atomic mass is 15.2. The first-order valence-corrected chi connectivity index (χ1v) is 11.0. The smallest absolute Gasteiger partial charge is 0.191 e. The van der Waals surface area contributed by atoms with Crippen molar-refractivity contribution in [2.45, 2.75) is 38.8 Å². The van der Waals surface area contributed by atoms with Crippen LogP contribution in [0.15, 0.2) is 59.7 Å². The van der Waals surface area contributed by atoms with Crippen molar-refractivity contribution in [3.8, 4) is 0 Å². The summed E-state index contributed by atoms with van der Waals surface area (Å²) in [5.74, 6) is 0.910. The second-order valence-corrected chi connectivity index (χ2v) is 8.24. The van der Waals surface area contributed by atoms with E-state index in [-0.39, 0.29) is 0 Å². The third-order valence-electron chi connectivity index (χ3n) is 6.08. The molecule has 4 rings (SSSR count). The van der Waals surface area contributed by atoms with Gasteiger partial charge in [0.05, 0.1) is 0 Å². The zero-order chi connectivity index (χ0) is 20.8. The van der Waals surface area contributed by atoms with Crippen LogP contribution in [0.3, 0.4) is 0 Å². The van der Waals surface area contributed by atoms with Crippen molar-refractivity contribution in [1.82, 2.24) is 20.5 Å². The molecule has 0 radical (unpaired) electrons. The number of hydrogen-bond acceptors (Lipinski definition) is 2. The molecule has 5 heteroatoms. The van der Waals surface area contributed by atoms with Gasteiger partial charge in [0.2, 0.25) is 0 Å². The molecule has 0 saturated carbocycles. The number of nitrogens with one attached hydrogen (secondary N) is 3. The second-order valence-electron chi connectivity index (χ2n) is 8.24. The van der Waals surface area contributed by atoms with Gasteiger partial charge in [-0.1, -0.05) is 42.5 Å². The van der Waals surface area contributed by atoms with Gasteiger partial charge >= 0.3 is 0 Å². The fourth-order valence-electron chi connectivity index (χ4n) is 4.43. The summed E-state index contributed by atoms with van der Waals surface area (Å²) in [5.41, 5.74) is 5.30. The van der Waals surface area contributed by atoms with Crippen LogP contribution in [0.25, 0.3) is 10.9 Å². The Morgan fingerprint density at radius 1 is 1.10 bits per heavy atom. The summed E-state index contributed by atoms with van der Waals surface area (Å²) in [4.78, 5) is 10.4. The highest BCUT2D eigenvalue weighted by Crippen LogP contribution is 2.22. The lowest BCUT2D eigenvalue weighted by Gasteiger charge is -2.33. The third-order valence-corrected chi connectivity index (χ3v) is 6.08. The Balaban J connectivity index is 1.22. The number of H-pyrrole nitrogens is 1. The van der Waals surface area contributed by atoms with Crippen molar-refractivity contribution in [3.63, 3.8) is 0 Å². The van der Waals surface area contributed by atoms with Crippen molar-refractivity contribution in [1.29, 1.82) is 0 Å². The van der Waals surface area contributed by atoms with E-state index in [1.165, 1.54) is 27.6 Å². The predicted molar refractivity (Wildman–Crippen MR) is 126 cm³/mol. The van der Waals surface area contributed by atoms with Gasteiger partial charge in [-0.15, -0.1) is 0 Å². The highest BCUT2D eigenvalue weighted by Gasteiger charge is 2.20. The summed E-state index contributed by atoms with van der Waals surface area (Å²) in [6.07, 6.45) is 5.41. The standard InChI is InChI=1S/C25H33N5/c1-19-7-6-10-23-24(19)21(17-28-23)11-14-27-25(26-2)29-22-12-15-30(16-13-22)18-20-8-4-3-5-9-20/h3-10,17,22,28H,11-16,18H2,1-2H3,(H2,26,27,29). The van der Waals surface area contributed by atoms with E-state index in [0.717, 1.165) is 51.4 Å². The predicted octanol–water partition coefficient (Wildman–Crippen LogP) is 3.85. The number of rotatable bonds is 6. The average Bonchev–Trinajstić information content (AvgIpc) is 3.19. The maximum atomic E-state index is 4.44. The normalized spacial score (nSPS) is 16.1. The number of fused-ring (bicyclic) bond motifs is 1. The van der Waals surface area contributed by atoms with Gasteiger partial charge in [0.25, 0.3) is 0 Å². The summed E-state index contributed by atoms with van der Waals surface area (Å²) in [7, 11) is 1.86. The number of aromatic amines is 1. The third kappa shape index (κ3) is 5.03. The SMILES string of the molecule is CN=C(NCCc1c[nH]c2cccc(C)c12)NC1CCN(Cc2ccccc2)CC1. The molecule has 3 N–H and O–H groups in total. The highest BCUT2D eigenvalue weighted by molar-refractivity contribution is 5.86. The number of nitrogens with zero attached hydrogens (tertiary/aromatic N) is 2. The van der Waals surface area contributed by atoms with Gasteiger partial charge < -0.3 is 15.6 Å². The first-order valence-electron chi connectivity index (χ1n) is 11.0. The molecule has 0 unspecified atom stereocenters. The van der Waals surface area contributed by atoms with E-state index in [4.69, 9.17) is 0 Å². The van der Waals surface area contributed by atoms with Crippen LogP contribution < -0.4 is 10.6 Å². The van der Waals surface area contributed by atoms with Crippen molar-refractivity contribution in [2.24, 2.45) is 4.99 Å². The molecule has 1 saturated heterocycles. The number of guanidine groups is 1. The second kappa shape index (κ2) is 9.81. The number of benzene rings is 2. The molecule has 158 valence electrons. The summed E-state index contributed by atoms with van der Waals surface area (Å²) >= 11 is 0. The van der Waals surface area contributed by atoms with E-state index >= 15 is 0 Å². The molecular formula is C25H33N5. The van der Waals surface area contributed by atoms with Crippen LogP contribution >= 0.6 is 0 Å². The molecule has 5 nitrogen and oxygen atoms in total. The van der Waals surface area contributed by atoms with Crippen LogP contribution in [0.1, 0.15) is 29.5 Å². The molecule has 0 spiro atoms. The Morgan fingerprint density at radius 2 is 1.90 bits per heavy atom. The van der Waals surface area contributed by atoms with Crippen LogP contribution in [0, 0.1) is 6.92 Å². The van der Waals surface area contributed by atoms with Crippen LogP contribution in [0.5, 0.6) is 0 Å². The molecule has 1 fully saturated rings. The zero-order valence-electron chi connectivity index (χ0n) is 18.1. The van der Waals surface area contributed by atoms with Gasteiger partial charge in [0, 0.05) is 56.4 Å². The van der Waals surface area contributed by atoms with Crippen LogP contribution in [-0.4, -0.2) is 48.6 Å². The average molecular weight is 404 g/mol. The number of hydrogen-bond donors (Lipinski definition) is 3. The van der Waals surface area contributed by atoms with E-state index in [9.17, 15) is 0 Å². The topological polar surface area (TPSA) is 55.5 Å². The summed E-state index contributed by atoms with van der Waals surface area (Å²) < 4.78 is 0. The van der Waals surface area contributed by atoms with Crippen LogP contribution in [0.4, 0.5) is 0 Å². The fourth-order valence-corrected chi connectivity index (χ4v) is 4.43. The largest absolute Gasteiger partial charge is 0.361 e. The van der Waals surface area contributed by atoms with E-state index in [2.05, 4.69) is 87.2 Å². The lowest BCUT2D eigenvalue weighted by molar-refractivity contribution is 0.198. The molecule has 0 aliphatic carbocycles. The molecule has 3 aromatic rings. The Labute approximate surface area is 179 Å². The molecular weight excluding hydrogens is 370 g/mol. The Bertz CT molecular complexity index is 968. The molecule has 1 aliphatic rings. The molecule has 0 atom stereocenters. The van der Waals surface area contributed by atoms with Gasteiger partial charge in [0.15, 0.2) is 5.96 Å². The lowest BCUT2D eigenvalue weighted by Crippen LogP contribution is -2.48. The number of aromatic nitrogens is 1. The molecule has 0 bridgehead atoms. The quantitative estimate of drug-likeness (QED) is 0.433. The van der Waals surface area contributed by atoms with Crippen molar-refractivity contribution in [2.75, 3.05) is 26.7 Å². The number of likely N-dealkylation sites (tertiary alicyclic amines) is 1. The Hall–Kier alpha value is -2.79. The minimum atomic E-state index is 0.485. The lowest BCUT2D eigenvalue weighted by atomic mass is 10.0. The molecule has 1 aliphatic heterocycles. The molecule has 0 amide bonds. The van der Waals surface area contributed by atoms with E-state index in [1.54, 1.807) is 0 Å².